The Hall–Kier alpha value is -0.460. The highest BCUT2D eigenvalue weighted by atomic mass is 32.2. The molecular formula is C15H29NO4S. The Bertz CT molecular complexity index is 354. The van der Waals surface area contributed by atoms with Gasteiger partial charge in [0.25, 0.3) is 0 Å². The molecule has 6 heteroatoms. The number of nitrogens with one attached hydrogen (secondary N) is 1. The average Bonchev–Trinajstić information content (AvgIpc) is 2.44. The Morgan fingerprint density at radius 2 is 2.10 bits per heavy atom. The van der Waals surface area contributed by atoms with Crippen molar-refractivity contribution in [2.75, 3.05) is 25.2 Å². The minimum absolute atomic E-state index is 0.0647. The summed E-state index contributed by atoms with van der Waals surface area (Å²) >= 11 is 0. The van der Waals surface area contributed by atoms with Gasteiger partial charge in [0.05, 0.1) is 18.1 Å². The van der Waals surface area contributed by atoms with Crippen molar-refractivity contribution in [2.24, 2.45) is 5.92 Å². The minimum Gasteiger partial charge on any atom is -0.466 e. The summed E-state index contributed by atoms with van der Waals surface area (Å²) < 4.78 is 16.1. The lowest BCUT2D eigenvalue weighted by molar-refractivity contribution is -0.151. The van der Waals surface area contributed by atoms with Crippen molar-refractivity contribution in [3.05, 3.63) is 0 Å². The summed E-state index contributed by atoms with van der Waals surface area (Å²) in [6.45, 7) is 4.80. The Labute approximate surface area is 130 Å². The third-order valence-corrected chi connectivity index (χ3v) is 4.96. The standard InChI is InChI=1S/C15H29NO4S/c1-4-20-14(17)13-5-8-15(18,9-6-13)11-16-12(2)7-10-21(3)19/h12-13,16,18H,4-11H2,1-3H3. The van der Waals surface area contributed by atoms with Crippen molar-refractivity contribution in [2.45, 2.75) is 57.6 Å². The van der Waals surface area contributed by atoms with Gasteiger partial charge in [-0.3, -0.25) is 9.00 Å². The van der Waals surface area contributed by atoms with Gasteiger partial charge < -0.3 is 15.2 Å². The fraction of sp³-hybridized carbons (Fsp3) is 0.933. The van der Waals surface area contributed by atoms with Gasteiger partial charge in [-0.1, -0.05) is 0 Å². The zero-order chi connectivity index (χ0) is 15.9. The first-order valence-corrected chi connectivity index (χ1v) is 9.51. The predicted molar refractivity (Wildman–Crippen MR) is 84.6 cm³/mol. The second-order valence-electron chi connectivity index (χ2n) is 6.10. The lowest BCUT2D eigenvalue weighted by Gasteiger charge is -2.36. The van der Waals surface area contributed by atoms with Crippen LogP contribution in [0.15, 0.2) is 0 Å². The number of carbonyl (C=O) groups excluding carboxylic acids is 1. The smallest absolute Gasteiger partial charge is 0.308 e. The lowest BCUT2D eigenvalue weighted by atomic mass is 9.78. The molecule has 5 nitrogen and oxygen atoms in total. The largest absolute Gasteiger partial charge is 0.466 e. The molecule has 0 spiro atoms. The van der Waals surface area contributed by atoms with E-state index in [1.807, 2.05) is 13.8 Å². The number of esters is 1. The molecule has 0 bridgehead atoms. The molecule has 0 aliphatic heterocycles. The number of aliphatic hydroxyl groups is 1. The molecule has 21 heavy (non-hydrogen) atoms. The molecule has 1 saturated carbocycles. The molecule has 0 amide bonds. The zero-order valence-electron chi connectivity index (χ0n) is 13.4. The van der Waals surface area contributed by atoms with Gasteiger partial charge in [-0.2, -0.15) is 0 Å². The van der Waals surface area contributed by atoms with Gasteiger partial charge in [0.15, 0.2) is 0 Å². The maximum absolute atomic E-state index is 11.7. The van der Waals surface area contributed by atoms with E-state index in [2.05, 4.69) is 5.32 Å². The number of rotatable bonds is 8. The molecule has 1 aliphatic rings. The van der Waals surface area contributed by atoms with Crippen LogP contribution in [0.3, 0.4) is 0 Å². The molecule has 0 radical (unpaired) electrons. The van der Waals surface area contributed by atoms with Crippen LogP contribution in [0.25, 0.3) is 0 Å². The second kappa shape index (κ2) is 8.86. The highest BCUT2D eigenvalue weighted by Gasteiger charge is 2.36. The van der Waals surface area contributed by atoms with Gasteiger partial charge in [0.2, 0.25) is 0 Å². The molecule has 2 unspecified atom stereocenters. The topological polar surface area (TPSA) is 75.6 Å². The van der Waals surface area contributed by atoms with E-state index in [-0.39, 0.29) is 17.9 Å². The fourth-order valence-corrected chi connectivity index (χ4v) is 3.32. The van der Waals surface area contributed by atoms with Crippen LogP contribution in [0.5, 0.6) is 0 Å². The molecule has 0 aromatic heterocycles. The molecule has 124 valence electrons. The van der Waals surface area contributed by atoms with E-state index in [4.69, 9.17) is 4.74 Å². The number of carbonyl (C=O) groups is 1. The normalized spacial score (nSPS) is 28.9. The lowest BCUT2D eigenvalue weighted by Crippen LogP contribution is -2.47. The molecule has 2 N–H and O–H groups in total. The number of hydrogen-bond acceptors (Lipinski definition) is 5. The molecule has 1 rings (SSSR count). The highest BCUT2D eigenvalue weighted by Crippen LogP contribution is 2.32. The summed E-state index contributed by atoms with van der Waals surface area (Å²) in [6, 6.07) is 0.237. The van der Waals surface area contributed by atoms with Crippen molar-refractivity contribution in [1.82, 2.24) is 5.32 Å². The summed E-state index contributed by atoms with van der Waals surface area (Å²) in [5, 5.41) is 13.9. The van der Waals surface area contributed by atoms with Crippen molar-refractivity contribution in [3.63, 3.8) is 0 Å². The summed E-state index contributed by atoms with van der Waals surface area (Å²) in [7, 11) is -0.771. The Morgan fingerprint density at radius 1 is 1.48 bits per heavy atom. The quantitative estimate of drug-likeness (QED) is 0.658. The van der Waals surface area contributed by atoms with Crippen LogP contribution < -0.4 is 5.32 Å². The molecule has 1 fully saturated rings. The van der Waals surface area contributed by atoms with E-state index in [9.17, 15) is 14.1 Å². The molecule has 1 aliphatic carbocycles. The van der Waals surface area contributed by atoms with E-state index in [1.54, 1.807) is 6.26 Å². The van der Waals surface area contributed by atoms with Crippen LogP contribution in [0.2, 0.25) is 0 Å². The van der Waals surface area contributed by atoms with Crippen LogP contribution in [0, 0.1) is 5.92 Å². The number of hydrogen-bond donors (Lipinski definition) is 2. The van der Waals surface area contributed by atoms with Crippen LogP contribution in [0.4, 0.5) is 0 Å². The third kappa shape index (κ3) is 6.89. The Kier molecular flexibility index (Phi) is 7.84. The third-order valence-electron chi connectivity index (χ3n) is 4.15. The highest BCUT2D eigenvalue weighted by molar-refractivity contribution is 7.84. The molecule has 0 aromatic rings. The van der Waals surface area contributed by atoms with E-state index in [1.165, 1.54) is 0 Å². The maximum Gasteiger partial charge on any atom is 0.308 e. The second-order valence-corrected chi connectivity index (χ2v) is 7.65. The minimum atomic E-state index is -0.771. The predicted octanol–water partition coefficient (Wildman–Crippen LogP) is 1.22. The molecular weight excluding hydrogens is 290 g/mol. The van der Waals surface area contributed by atoms with Crippen LogP contribution in [-0.4, -0.2) is 52.1 Å². The molecule has 0 saturated heterocycles. The van der Waals surface area contributed by atoms with Gasteiger partial charge in [0.1, 0.15) is 0 Å². The molecule has 2 atom stereocenters. The van der Waals surface area contributed by atoms with Crippen molar-refractivity contribution < 1.29 is 18.8 Å². The average molecular weight is 319 g/mol. The summed E-state index contributed by atoms with van der Waals surface area (Å²) in [6.07, 6.45) is 5.15. The van der Waals surface area contributed by atoms with Crippen LogP contribution in [-0.2, 0) is 20.3 Å². The van der Waals surface area contributed by atoms with E-state index >= 15 is 0 Å². The summed E-state index contributed by atoms with van der Waals surface area (Å²) in [4.78, 5) is 11.7. The van der Waals surface area contributed by atoms with Crippen molar-refractivity contribution in [3.8, 4) is 0 Å². The van der Waals surface area contributed by atoms with Gasteiger partial charge >= 0.3 is 5.97 Å². The van der Waals surface area contributed by atoms with E-state index in [0.29, 0.717) is 44.6 Å². The monoisotopic (exact) mass is 319 g/mol. The van der Waals surface area contributed by atoms with E-state index in [0.717, 1.165) is 6.42 Å². The van der Waals surface area contributed by atoms with Gasteiger partial charge in [0, 0.05) is 35.4 Å². The Balaban J connectivity index is 2.30. The van der Waals surface area contributed by atoms with Crippen molar-refractivity contribution >= 4 is 16.8 Å². The molecule has 0 heterocycles. The van der Waals surface area contributed by atoms with Crippen molar-refractivity contribution in [1.29, 1.82) is 0 Å². The SMILES string of the molecule is CCOC(=O)C1CCC(O)(CNC(C)CCS(C)=O)CC1. The van der Waals surface area contributed by atoms with E-state index < -0.39 is 16.4 Å². The number of ether oxygens (including phenoxy) is 1. The van der Waals surface area contributed by atoms with Crippen LogP contribution >= 0.6 is 0 Å². The first kappa shape index (κ1) is 18.6. The summed E-state index contributed by atoms with van der Waals surface area (Å²) in [5.74, 6) is 0.480. The zero-order valence-corrected chi connectivity index (χ0v) is 14.2. The van der Waals surface area contributed by atoms with Gasteiger partial charge in [-0.25, -0.2) is 0 Å². The maximum atomic E-state index is 11.7. The first-order chi connectivity index (χ1) is 9.86. The Morgan fingerprint density at radius 3 is 2.62 bits per heavy atom. The first-order valence-electron chi connectivity index (χ1n) is 7.78. The van der Waals surface area contributed by atoms with Gasteiger partial charge in [-0.05, 0) is 46.0 Å². The van der Waals surface area contributed by atoms with Crippen LogP contribution in [0.1, 0.15) is 46.0 Å². The summed E-state index contributed by atoms with van der Waals surface area (Å²) in [5.41, 5.74) is -0.734. The molecule has 0 aromatic carbocycles. The fourth-order valence-electron chi connectivity index (χ4n) is 2.64. The van der Waals surface area contributed by atoms with Gasteiger partial charge in [-0.15, -0.1) is 0 Å².